The molecule has 0 spiro atoms. The standard InChI is InChI=1S/C4H6O4/c1-2-3-7-8-4(5)6/h2H,1,3H2,(H,5,6). The summed E-state index contributed by atoms with van der Waals surface area (Å²) < 4.78 is 0. The molecule has 0 aromatic rings. The third-order valence-electron chi connectivity index (χ3n) is 0.316. The molecule has 0 unspecified atom stereocenters. The average molecular weight is 118 g/mol. The minimum absolute atomic E-state index is 0.0757. The topological polar surface area (TPSA) is 55.8 Å². The summed E-state index contributed by atoms with van der Waals surface area (Å²) in [6, 6.07) is 0. The highest BCUT2D eigenvalue weighted by Crippen LogP contribution is 1.77. The van der Waals surface area contributed by atoms with E-state index in [9.17, 15) is 4.79 Å². The summed E-state index contributed by atoms with van der Waals surface area (Å²) in [7, 11) is 0. The average Bonchev–Trinajstić information content (AvgIpc) is 1.66. The van der Waals surface area contributed by atoms with E-state index >= 15 is 0 Å². The van der Waals surface area contributed by atoms with Crippen LogP contribution in [0.2, 0.25) is 0 Å². The van der Waals surface area contributed by atoms with Gasteiger partial charge in [-0.3, -0.25) is 4.89 Å². The van der Waals surface area contributed by atoms with E-state index in [1.807, 2.05) is 0 Å². The van der Waals surface area contributed by atoms with Crippen molar-refractivity contribution in [2.45, 2.75) is 0 Å². The van der Waals surface area contributed by atoms with Crippen LogP contribution in [0.15, 0.2) is 12.7 Å². The van der Waals surface area contributed by atoms with E-state index < -0.39 is 6.16 Å². The number of hydrogen-bond donors (Lipinski definition) is 1. The summed E-state index contributed by atoms with van der Waals surface area (Å²) in [4.78, 5) is 17.1. The second-order valence-corrected chi connectivity index (χ2v) is 0.922. The number of hydrogen-bond acceptors (Lipinski definition) is 3. The number of rotatable bonds is 3. The van der Waals surface area contributed by atoms with Gasteiger partial charge in [-0.05, 0) is 0 Å². The van der Waals surface area contributed by atoms with Crippen molar-refractivity contribution in [3.8, 4) is 0 Å². The Morgan fingerprint density at radius 1 is 1.88 bits per heavy atom. The predicted octanol–water partition coefficient (Wildman–Crippen LogP) is 0.799. The largest absolute Gasteiger partial charge is 0.537 e. The Bertz CT molecular complexity index is 88.0. The van der Waals surface area contributed by atoms with Crippen molar-refractivity contribution < 1.29 is 19.7 Å². The molecule has 4 nitrogen and oxygen atoms in total. The lowest BCUT2D eigenvalue weighted by atomic mass is 10.7. The van der Waals surface area contributed by atoms with Crippen LogP contribution in [0, 0.1) is 0 Å². The SMILES string of the molecule is C=CCOOC(=O)O. The number of carbonyl (C=O) groups is 1. The molecule has 0 rings (SSSR count). The Hall–Kier alpha value is -1.03. The van der Waals surface area contributed by atoms with Gasteiger partial charge in [0, 0.05) is 0 Å². The van der Waals surface area contributed by atoms with Gasteiger partial charge < -0.3 is 5.11 Å². The molecular formula is C4H6O4. The van der Waals surface area contributed by atoms with E-state index in [4.69, 9.17) is 5.11 Å². The third-order valence-corrected chi connectivity index (χ3v) is 0.316. The molecule has 0 saturated carbocycles. The van der Waals surface area contributed by atoms with Crippen LogP contribution in [0.25, 0.3) is 0 Å². The van der Waals surface area contributed by atoms with Crippen LogP contribution in [0.4, 0.5) is 4.79 Å². The fraction of sp³-hybridized carbons (Fsp3) is 0.250. The zero-order valence-corrected chi connectivity index (χ0v) is 4.16. The van der Waals surface area contributed by atoms with Gasteiger partial charge in [0.25, 0.3) is 0 Å². The Kier molecular flexibility index (Phi) is 3.60. The predicted molar refractivity (Wildman–Crippen MR) is 25.3 cm³/mol. The van der Waals surface area contributed by atoms with Gasteiger partial charge in [0.15, 0.2) is 0 Å². The summed E-state index contributed by atoms with van der Waals surface area (Å²) in [5.41, 5.74) is 0. The third kappa shape index (κ3) is 4.97. The minimum Gasteiger partial charge on any atom is -0.448 e. The molecule has 0 saturated heterocycles. The van der Waals surface area contributed by atoms with Gasteiger partial charge in [-0.2, -0.15) is 4.89 Å². The fourth-order valence-electron chi connectivity index (χ4n) is 0.133. The molecule has 46 valence electrons. The van der Waals surface area contributed by atoms with E-state index in [0.717, 1.165) is 0 Å². The molecule has 0 heterocycles. The first-order chi connectivity index (χ1) is 3.77. The lowest BCUT2D eigenvalue weighted by Gasteiger charge is -1.91. The van der Waals surface area contributed by atoms with Crippen LogP contribution in [0.3, 0.4) is 0 Å². The molecule has 0 aliphatic carbocycles. The van der Waals surface area contributed by atoms with Crippen LogP contribution in [0.5, 0.6) is 0 Å². The van der Waals surface area contributed by atoms with Crippen LogP contribution in [-0.4, -0.2) is 17.9 Å². The summed E-state index contributed by atoms with van der Waals surface area (Å²) in [5, 5.41) is 7.76. The minimum atomic E-state index is -1.45. The van der Waals surface area contributed by atoms with Crippen molar-refractivity contribution in [1.29, 1.82) is 0 Å². The maximum Gasteiger partial charge on any atom is 0.537 e. The summed E-state index contributed by atoms with van der Waals surface area (Å²) in [5.74, 6) is 0. The van der Waals surface area contributed by atoms with Gasteiger partial charge in [0.05, 0.1) is 0 Å². The molecule has 0 radical (unpaired) electrons. The van der Waals surface area contributed by atoms with Crippen LogP contribution < -0.4 is 0 Å². The Morgan fingerprint density at radius 2 is 2.50 bits per heavy atom. The summed E-state index contributed by atoms with van der Waals surface area (Å²) in [6.45, 7) is 3.34. The lowest BCUT2D eigenvalue weighted by Crippen LogP contribution is -2.00. The van der Waals surface area contributed by atoms with E-state index in [2.05, 4.69) is 16.4 Å². The zero-order chi connectivity index (χ0) is 6.41. The van der Waals surface area contributed by atoms with E-state index in [1.54, 1.807) is 0 Å². The molecule has 1 N–H and O–H groups in total. The molecule has 0 aromatic carbocycles. The molecule has 0 bridgehead atoms. The van der Waals surface area contributed by atoms with Crippen LogP contribution in [-0.2, 0) is 9.78 Å². The van der Waals surface area contributed by atoms with Gasteiger partial charge in [0.1, 0.15) is 6.61 Å². The lowest BCUT2D eigenvalue weighted by molar-refractivity contribution is -0.241. The van der Waals surface area contributed by atoms with Gasteiger partial charge >= 0.3 is 6.16 Å². The van der Waals surface area contributed by atoms with E-state index in [-0.39, 0.29) is 6.61 Å². The molecule has 0 fully saturated rings. The molecule has 8 heavy (non-hydrogen) atoms. The van der Waals surface area contributed by atoms with E-state index in [1.165, 1.54) is 6.08 Å². The van der Waals surface area contributed by atoms with Crippen molar-refractivity contribution >= 4 is 6.16 Å². The van der Waals surface area contributed by atoms with Crippen molar-refractivity contribution in [3.63, 3.8) is 0 Å². The highest BCUT2D eigenvalue weighted by atomic mass is 17.2. The molecule has 0 amide bonds. The highest BCUT2D eigenvalue weighted by Gasteiger charge is 1.92. The molecule has 0 atom stereocenters. The van der Waals surface area contributed by atoms with Crippen molar-refractivity contribution in [1.82, 2.24) is 0 Å². The smallest absolute Gasteiger partial charge is 0.448 e. The maximum absolute atomic E-state index is 9.49. The van der Waals surface area contributed by atoms with Crippen molar-refractivity contribution in [2.75, 3.05) is 6.61 Å². The fourth-order valence-corrected chi connectivity index (χ4v) is 0.133. The summed E-state index contributed by atoms with van der Waals surface area (Å²) in [6.07, 6.45) is -0.0741. The van der Waals surface area contributed by atoms with Crippen molar-refractivity contribution in [3.05, 3.63) is 12.7 Å². The molecule has 4 heteroatoms. The molecule has 0 aliphatic rings. The zero-order valence-electron chi connectivity index (χ0n) is 4.16. The maximum atomic E-state index is 9.49. The number of carboxylic acid groups (broad SMARTS) is 1. The highest BCUT2D eigenvalue weighted by molar-refractivity contribution is 5.55. The van der Waals surface area contributed by atoms with Crippen LogP contribution in [0.1, 0.15) is 0 Å². The Balaban J connectivity index is 2.93. The Labute approximate surface area is 46.3 Å². The monoisotopic (exact) mass is 118 g/mol. The second kappa shape index (κ2) is 4.14. The quantitative estimate of drug-likeness (QED) is 0.258. The Morgan fingerprint density at radius 3 is 2.88 bits per heavy atom. The molecule has 0 aromatic heterocycles. The first kappa shape index (κ1) is 6.97. The molecular weight excluding hydrogens is 112 g/mol. The molecule has 0 aliphatic heterocycles. The first-order valence-electron chi connectivity index (χ1n) is 1.90. The first-order valence-corrected chi connectivity index (χ1v) is 1.90. The second-order valence-electron chi connectivity index (χ2n) is 0.922. The van der Waals surface area contributed by atoms with Crippen molar-refractivity contribution in [2.24, 2.45) is 0 Å². The van der Waals surface area contributed by atoms with Gasteiger partial charge in [-0.25, -0.2) is 4.79 Å². The summed E-state index contributed by atoms with van der Waals surface area (Å²) >= 11 is 0. The van der Waals surface area contributed by atoms with Crippen LogP contribution >= 0.6 is 0 Å². The normalized spacial score (nSPS) is 8.00. The van der Waals surface area contributed by atoms with Gasteiger partial charge in [-0.15, -0.1) is 6.58 Å². The van der Waals surface area contributed by atoms with E-state index in [0.29, 0.717) is 0 Å². The van der Waals surface area contributed by atoms with Gasteiger partial charge in [-0.1, -0.05) is 6.08 Å². The van der Waals surface area contributed by atoms with Gasteiger partial charge in [0.2, 0.25) is 0 Å².